The topological polar surface area (TPSA) is 102 Å². The fourth-order valence-corrected chi connectivity index (χ4v) is 2.23. The molecule has 0 aliphatic heterocycles. The number of nitrogens with two attached hydrogens (primary N) is 1. The van der Waals surface area contributed by atoms with Crippen molar-refractivity contribution in [1.82, 2.24) is 20.2 Å². The summed E-state index contributed by atoms with van der Waals surface area (Å²) >= 11 is 0. The molecule has 7 heteroatoms. The normalized spacial score (nSPS) is 12.0. The molecule has 0 aromatic carbocycles. The Bertz CT molecular complexity index is 931. The smallest absolute Gasteiger partial charge is 0.157 e. The SMILES string of the molecule is CN=CC(=CN)c1cnc2ccc(Nc3nnccc3C)nc2c1. The van der Waals surface area contributed by atoms with Crippen molar-refractivity contribution in [2.75, 3.05) is 12.4 Å². The van der Waals surface area contributed by atoms with Gasteiger partial charge < -0.3 is 11.1 Å². The average molecular weight is 319 g/mol. The lowest BCUT2D eigenvalue weighted by atomic mass is 10.1. The van der Waals surface area contributed by atoms with Gasteiger partial charge in [-0.2, -0.15) is 5.10 Å². The highest BCUT2D eigenvalue weighted by Gasteiger charge is 2.06. The van der Waals surface area contributed by atoms with Crippen molar-refractivity contribution >= 4 is 34.5 Å². The first-order valence-corrected chi connectivity index (χ1v) is 7.38. The number of rotatable bonds is 4. The van der Waals surface area contributed by atoms with Gasteiger partial charge in [-0.25, -0.2) is 4.98 Å². The third kappa shape index (κ3) is 3.19. The minimum Gasteiger partial charge on any atom is -0.404 e. The number of aliphatic imine (C=N–C) groups is 1. The van der Waals surface area contributed by atoms with E-state index in [1.807, 2.05) is 31.2 Å². The summed E-state index contributed by atoms with van der Waals surface area (Å²) in [6, 6.07) is 7.58. The van der Waals surface area contributed by atoms with Crippen molar-refractivity contribution in [3.8, 4) is 0 Å². The molecule has 3 aromatic rings. The molecule has 0 bridgehead atoms. The van der Waals surface area contributed by atoms with Crippen molar-refractivity contribution in [2.24, 2.45) is 10.7 Å². The van der Waals surface area contributed by atoms with Crippen LogP contribution in [-0.2, 0) is 0 Å². The minimum absolute atomic E-state index is 0.674. The Morgan fingerprint density at radius 2 is 2.12 bits per heavy atom. The second kappa shape index (κ2) is 6.82. The Labute approximate surface area is 139 Å². The van der Waals surface area contributed by atoms with Crippen LogP contribution in [0.2, 0.25) is 0 Å². The summed E-state index contributed by atoms with van der Waals surface area (Å²) in [4.78, 5) is 13.0. The molecule has 0 amide bonds. The van der Waals surface area contributed by atoms with Gasteiger partial charge in [0.2, 0.25) is 0 Å². The maximum Gasteiger partial charge on any atom is 0.157 e. The summed E-state index contributed by atoms with van der Waals surface area (Å²) in [6.07, 6.45) is 6.60. The van der Waals surface area contributed by atoms with Crippen LogP contribution in [-0.4, -0.2) is 33.4 Å². The second-order valence-corrected chi connectivity index (χ2v) is 5.16. The van der Waals surface area contributed by atoms with Gasteiger partial charge in [0.25, 0.3) is 0 Å². The van der Waals surface area contributed by atoms with Gasteiger partial charge in [-0.15, -0.1) is 5.10 Å². The van der Waals surface area contributed by atoms with Crippen molar-refractivity contribution in [3.05, 3.63) is 54.0 Å². The lowest BCUT2D eigenvalue weighted by Crippen LogP contribution is -2.00. The van der Waals surface area contributed by atoms with E-state index in [9.17, 15) is 0 Å². The van der Waals surface area contributed by atoms with Crippen molar-refractivity contribution in [3.63, 3.8) is 0 Å². The molecule has 0 radical (unpaired) electrons. The van der Waals surface area contributed by atoms with E-state index in [4.69, 9.17) is 5.73 Å². The molecule has 24 heavy (non-hydrogen) atoms. The zero-order chi connectivity index (χ0) is 16.9. The second-order valence-electron chi connectivity index (χ2n) is 5.16. The number of fused-ring (bicyclic) bond motifs is 1. The Balaban J connectivity index is 1.99. The molecule has 0 fully saturated rings. The summed E-state index contributed by atoms with van der Waals surface area (Å²) < 4.78 is 0. The molecule has 0 aliphatic rings. The number of allylic oxidation sites excluding steroid dienone is 1. The average Bonchev–Trinajstić information content (AvgIpc) is 2.61. The van der Waals surface area contributed by atoms with Crippen LogP contribution in [0.15, 0.2) is 47.9 Å². The molecule has 120 valence electrons. The maximum atomic E-state index is 5.65. The van der Waals surface area contributed by atoms with Crippen LogP contribution in [0.4, 0.5) is 11.6 Å². The highest BCUT2D eigenvalue weighted by molar-refractivity contribution is 6.10. The monoisotopic (exact) mass is 319 g/mol. The number of nitrogens with one attached hydrogen (secondary N) is 1. The molecule has 3 heterocycles. The van der Waals surface area contributed by atoms with E-state index in [2.05, 4.69) is 30.5 Å². The van der Waals surface area contributed by atoms with E-state index in [-0.39, 0.29) is 0 Å². The highest BCUT2D eigenvalue weighted by Crippen LogP contribution is 2.20. The van der Waals surface area contributed by atoms with Crippen LogP contribution in [0.3, 0.4) is 0 Å². The molecule has 3 N–H and O–H groups in total. The number of pyridine rings is 2. The summed E-state index contributed by atoms with van der Waals surface area (Å²) in [6.45, 7) is 1.96. The van der Waals surface area contributed by atoms with Crippen LogP contribution in [0.1, 0.15) is 11.1 Å². The van der Waals surface area contributed by atoms with Gasteiger partial charge >= 0.3 is 0 Å². The van der Waals surface area contributed by atoms with E-state index in [1.54, 1.807) is 25.7 Å². The van der Waals surface area contributed by atoms with E-state index in [1.165, 1.54) is 6.20 Å². The van der Waals surface area contributed by atoms with Gasteiger partial charge in [0.05, 0.1) is 17.2 Å². The Kier molecular flexibility index (Phi) is 4.42. The van der Waals surface area contributed by atoms with Crippen molar-refractivity contribution in [1.29, 1.82) is 0 Å². The fraction of sp³-hybridized carbons (Fsp3) is 0.118. The first-order chi connectivity index (χ1) is 11.7. The zero-order valence-corrected chi connectivity index (χ0v) is 13.4. The molecular formula is C17H17N7. The predicted molar refractivity (Wildman–Crippen MR) is 96.2 cm³/mol. The van der Waals surface area contributed by atoms with Gasteiger partial charge in [0.1, 0.15) is 5.82 Å². The number of hydrogen-bond donors (Lipinski definition) is 2. The minimum atomic E-state index is 0.674. The number of aromatic nitrogens is 4. The first kappa shape index (κ1) is 15.5. The Morgan fingerprint density at radius 3 is 2.88 bits per heavy atom. The van der Waals surface area contributed by atoms with E-state index < -0.39 is 0 Å². The molecule has 3 rings (SSSR count). The summed E-state index contributed by atoms with van der Waals surface area (Å²) in [7, 11) is 1.70. The van der Waals surface area contributed by atoms with Crippen LogP contribution >= 0.6 is 0 Å². The lowest BCUT2D eigenvalue weighted by Gasteiger charge is -2.08. The predicted octanol–water partition coefficient (Wildman–Crippen LogP) is 2.47. The van der Waals surface area contributed by atoms with E-state index in [0.717, 1.165) is 27.7 Å². The number of aryl methyl sites for hydroxylation is 1. The lowest BCUT2D eigenvalue weighted by molar-refractivity contribution is 1.02. The standard InChI is InChI=1S/C17H17N7/c1-11-5-6-21-24-17(11)23-16-4-3-14-15(22-16)7-12(10-20-14)13(8-18)9-19-2/h3-10H,18H2,1-2H3,(H,22,23,24). The first-order valence-electron chi connectivity index (χ1n) is 7.38. The number of nitrogens with zero attached hydrogens (tertiary/aromatic N) is 5. The molecule has 3 aromatic heterocycles. The molecule has 0 aliphatic carbocycles. The third-order valence-electron chi connectivity index (χ3n) is 3.49. The third-order valence-corrected chi connectivity index (χ3v) is 3.49. The molecule has 0 atom stereocenters. The largest absolute Gasteiger partial charge is 0.404 e. The molecule has 0 saturated heterocycles. The molecule has 0 spiro atoms. The maximum absolute atomic E-state index is 5.65. The summed E-state index contributed by atoms with van der Waals surface area (Å²) in [5, 5.41) is 11.1. The molecule has 7 nitrogen and oxygen atoms in total. The fourth-order valence-electron chi connectivity index (χ4n) is 2.23. The Morgan fingerprint density at radius 1 is 1.25 bits per heavy atom. The van der Waals surface area contributed by atoms with Crippen molar-refractivity contribution < 1.29 is 0 Å². The zero-order valence-electron chi connectivity index (χ0n) is 13.4. The van der Waals surface area contributed by atoms with Crippen LogP contribution in [0.5, 0.6) is 0 Å². The van der Waals surface area contributed by atoms with Gasteiger partial charge in [-0.1, -0.05) is 0 Å². The van der Waals surface area contributed by atoms with Gasteiger partial charge in [0.15, 0.2) is 5.82 Å². The van der Waals surface area contributed by atoms with Crippen LogP contribution in [0, 0.1) is 6.92 Å². The summed E-state index contributed by atoms with van der Waals surface area (Å²) in [5.74, 6) is 1.35. The van der Waals surface area contributed by atoms with Gasteiger partial charge in [-0.05, 0) is 36.8 Å². The van der Waals surface area contributed by atoms with Crippen LogP contribution < -0.4 is 11.1 Å². The molecule has 0 unspecified atom stereocenters. The molecule has 0 saturated carbocycles. The number of anilines is 2. The summed E-state index contributed by atoms with van der Waals surface area (Å²) in [5.41, 5.74) is 9.84. The van der Waals surface area contributed by atoms with E-state index in [0.29, 0.717) is 11.6 Å². The quantitative estimate of drug-likeness (QED) is 0.716. The van der Waals surface area contributed by atoms with Gasteiger partial charge in [-0.3, -0.25) is 9.98 Å². The van der Waals surface area contributed by atoms with Crippen molar-refractivity contribution in [2.45, 2.75) is 6.92 Å². The van der Waals surface area contributed by atoms with Crippen LogP contribution in [0.25, 0.3) is 16.6 Å². The Hall–Kier alpha value is -3.35. The highest BCUT2D eigenvalue weighted by atomic mass is 15.2. The van der Waals surface area contributed by atoms with E-state index >= 15 is 0 Å². The van der Waals surface area contributed by atoms with Gasteiger partial charge in [0, 0.05) is 36.8 Å². The number of hydrogen-bond acceptors (Lipinski definition) is 7. The molecular weight excluding hydrogens is 302 g/mol.